The molecule has 0 unspecified atom stereocenters. The van der Waals surface area contributed by atoms with Crippen LogP contribution in [0.5, 0.6) is 0 Å². The van der Waals surface area contributed by atoms with Crippen LogP contribution in [0.2, 0.25) is 0 Å². The first-order valence-corrected chi connectivity index (χ1v) is 4.35. The molecule has 2 rings (SSSR count). The van der Waals surface area contributed by atoms with Crippen LogP contribution in [0.25, 0.3) is 11.5 Å². The molecule has 0 radical (unpaired) electrons. The van der Waals surface area contributed by atoms with Gasteiger partial charge in [0.2, 0.25) is 5.89 Å². The van der Waals surface area contributed by atoms with Gasteiger partial charge in [0.05, 0.1) is 0 Å². The van der Waals surface area contributed by atoms with Crippen LogP contribution in [0, 0.1) is 6.92 Å². The van der Waals surface area contributed by atoms with E-state index >= 15 is 0 Å². The molecule has 0 aliphatic carbocycles. The van der Waals surface area contributed by atoms with Crippen LogP contribution in [0.4, 0.5) is 0 Å². The highest BCUT2D eigenvalue weighted by atomic mass is 16.3. The van der Waals surface area contributed by atoms with Crippen LogP contribution >= 0.6 is 0 Å². The molecule has 2 N–H and O–H groups in total. The van der Waals surface area contributed by atoms with Gasteiger partial charge >= 0.3 is 0 Å². The SMILES string of the molecule is Cc1cnccc1-c1nc(C(N)=O)co1. The van der Waals surface area contributed by atoms with Gasteiger partial charge in [-0.2, -0.15) is 0 Å². The van der Waals surface area contributed by atoms with Crippen molar-refractivity contribution in [2.45, 2.75) is 6.92 Å². The summed E-state index contributed by atoms with van der Waals surface area (Å²) in [6, 6.07) is 1.77. The number of primary amides is 1. The zero-order chi connectivity index (χ0) is 10.8. The number of carbonyl (C=O) groups excluding carboxylic acids is 1. The first-order chi connectivity index (χ1) is 7.18. The maximum absolute atomic E-state index is 10.8. The monoisotopic (exact) mass is 203 g/mol. The van der Waals surface area contributed by atoms with Gasteiger partial charge in [-0.3, -0.25) is 9.78 Å². The maximum Gasteiger partial charge on any atom is 0.270 e. The summed E-state index contributed by atoms with van der Waals surface area (Å²) in [7, 11) is 0. The van der Waals surface area contributed by atoms with E-state index in [2.05, 4.69) is 9.97 Å². The normalized spacial score (nSPS) is 10.2. The number of nitrogens with zero attached hydrogens (tertiary/aromatic N) is 2. The van der Waals surface area contributed by atoms with Crippen molar-refractivity contribution in [1.82, 2.24) is 9.97 Å². The summed E-state index contributed by atoms with van der Waals surface area (Å²) in [5.74, 6) is -0.222. The second kappa shape index (κ2) is 3.53. The van der Waals surface area contributed by atoms with Crippen molar-refractivity contribution in [3.63, 3.8) is 0 Å². The Morgan fingerprint density at radius 3 is 2.93 bits per heavy atom. The van der Waals surface area contributed by atoms with Crippen LogP contribution in [0.1, 0.15) is 16.1 Å². The van der Waals surface area contributed by atoms with Gasteiger partial charge < -0.3 is 10.2 Å². The van der Waals surface area contributed by atoms with Gasteiger partial charge in [-0.25, -0.2) is 4.98 Å². The summed E-state index contributed by atoms with van der Waals surface area (Å²) in [5.41, 5.74) is 6.93. The summed E-state index contributed by atoms with van der Waals surface area (Å²) >= 11 is 0. The molecule has 2 heterocycles. The molecule has 0 aliphatic rings. The van der Waals surface area contributed by atoms with E-state index in [1.807, 2.05) is 6.92 Å². The Kier molecular flexibility index (Phi) is 2.21. The Morgan fingerprint density at radius 2 is 2.33 bits per heavy atom. The molecule has 5 nitrogen and oxygen atoms in total. The van der Waals surface area contributed by atoms with Crippen molar-refractivity contribution in [2.75, 3.05) is 0 Å². The van der Waals surface area contributed by atoms with Crippen molar-refractivity contribution < 1.29 is 9.21 Å². The van der Waals surface area contributed by atoms with Gasteiger partial charge in [0.15, 0.2) is 5.69 Å². The maximum atomic E-state index is 10.8. The second-order valence-corrected chi connectivity index (χ2v) is 3.09. The molecule has 2 aromatic rings. The molecule has 0 aliphatic heterocycles. The number of aryl methyl sites for hydroxylation is 1. The van der Waals surface area contributed by atoms with E-state index in [0.29, 0.717) is 5.89 Å². The van der Waals surface area contributed by atoms with Gasteiger partial charge in [-0.15, -0.1) is 0 Å². The lowest BCUT2D eigenvalue weighted by atomic mass is 10.1. The topological polar surface area (TPSA) is 82.0 Å². The number of hydrogen-bond donors (Lipinski definition) is 1. The first kappa shape index (κ1) is 9.39. The summed E-state index contributed by atoms with van der Waals surface area (Å²) in [5, 5.41) is 0. The molecular weight excluding hydrogens is 194 g/mol. The van der Waals surface area contributed by atoms with Gasteiger partial charge in [-0.05, 0) is 18.6 Å². The molecule has 0 atom stereocenters. The lowest BCUT2D eigenvalue weighted by molar-refractivity contribution is 0.0995. The van der Waals surface area contributed by atoms with Gasteiger partial charge in [0.25, 0.3) is 5.91 Å². The number of carbonyl (C=O) groups is 1. The minimum absolute atomic E-state index is 0.126. The lowest BCUT2D eigenvalue weighted by Crippen LogP contribution is -2.10. The predicted molar refractivity (Wildman–Crippen MR) is 53.0 cm³/mol. The van der Waals surface area contributed by atoms with Crippen LogP contribution in [-0.4, -0.2) is 15.9 Å². The number of nitrogens with two attached hydrogens (primary N) is 1. The Labute approximate surface area is 86.0 Å². The van der Waals surface area contributed by atoms with Gasteiger partial charge in [0.1, 0.15) is 6.26 Å². The summed E-state index contributed by atoms with van der Waals surface area (Å²) in [6.45, 7) is 1.89. The molecule has 0 fully saturated rings. The van der Waals surface area contributed by atoms with Crippen molar-refractivity contribution in [3.05, 3.63) is 36.0 Å². The second-order valence-electron chi connectivity index (χ2n) is 3.09. The fraction of sp³-hybridized carbons (Fsp3) is 0.100. The van der Waals surface area contributed by atoms with E-state index in [4.69, 9.17) is 10.2 Å². The number of pyridine rings is 1. The summed E-state index contributed by atoms with van der Waals surface area (Å²) in [6.07, 6.45) is 4.58. The van der Waals surface area contributed by atoms with Gasteiger partial charge in [-0.1, -0.05) is 0 Å². The summed E-state index contributed by atoms with van der Waals surface area (Å²) in [4.78, 5) is 18.7. The standard InChI is InChI=1S/C10H9N3O2/c1-6-4-12-3-2-7(6)10-13-8(5-15-10)9(11)14/h2-5H,1H3,(H2,11,14). The molecular formula is C10H9N3O2. The largest absolute Gasteiger partial charge is 0.444 e. The third kappa shape index (κ3) is 1.71. The molecule has 0 spiro atoms. The highest BCUT2D eigenvalue weighted by molar-refractivity contribution is 5.90. The molecule has 0 aromatic carbocycles. The van der Waals surface area contributed by atoms with E-state index in [0.717, 1.165) is 11.1 Å². The molecule has 76 valence electrons. The van der Waals surface area contributed by atoms with E-state index < -0.39 is 5.91 Å². The quantitative estimate of drug-likeness (QED) is 0.793. The number of oxazole rings is 1. The number of rotatable bonds is 2. The third-order valence-electron chi connectivity index (χ3n) is 2.01. The van der Waals surface area contributed by atoms with Crippen LogP contribution < -0.4 is 5.73 Å². The zero-order valence-electron chi connectivity index (χ0n) is 8.10. The molecule has 0 bridgehead atoms. The van der Waals surface area contributed by atoms with Gasteiger partial charge in [0, 0.05) is 18.0 Å². The highest BCUT2D eigenvalue weighted by Crippen LogP contribution is 2.21. The molecule has 0 saturated heterocycles. The first-order valence-electron chi connectivity index (χ1n) is 4.35. The van der Waals surface area contributed by atoms with E-state index in [1.54, 1.807) is 18.5 Å². The highest BCUT2D eigenvalue weighted by Gasteiger charge is 2.11. The molecule has 15 heavy (non-hydrogen) atoms. The average Bonchev–Trinajstić information content (AvgIpc) is 2.67. The van der Waals surface area contributed by atoms with Crippen molar-refractivity contribution in [3.8, 4) is 11.5 Å². The van der Waals surface area contributed by atoms with Crippen LogP contribution in [0.15, 0.2) is 29.1 Å². The molecule has 1 amide bonds. The molecule has 0 saturated carbocycles. The average molecular weight is 203 g/mol. The van der Waals surface area contributed by atoms with E-state index in [-0.39, 0.29) is 5.69 Å². The van der Waals surface area contributed by atoms with Crippen molar-refractivity contribution >= 4 is 5.91 Å². The van der Waals surface area contributed by atoms with Crippen molar-refractivity contribution in [1.29, 1.82) is 0 Å². The zero-order valence-corrected chi connectivity index (χ0v) is 8.10. The predicted octanol–water partition coefficient (Wildman–Crippen LogP) is 1.14. The van der Waals surface area contributed by atoms with E-state index in [9.17, 15) is 4.79 Å². The minimum Gasteiger partial charge on any atom is -0.444 e. The fourth-order valence-electron chi connectivity index (χ4n) is 1.22. The minimum atomic E-state index is -0.600. The van der Waals surface area contributed by atoms with Crippen LogP contribution in [-0.2, 0) is 0 Å². The molecule has 2 aromatic heterocycles. The van der Waals surface area contributed by atoms with E-state index in [1.165, 1.54) is 6.26 Å². The smallest absolute Gasteiger partial charge is 0.270 e. The lowest BCUT2D eigenvalue weighted by Gasteiger charge is -1.97. The third-order valence-corrected chi connectivity index (χ3v) is 2.01. The number of aromatic nitrogens is 2. The number of amides is 1. The summed E-state index contributed by atoms with van der Waals surface area (Å²) < 4.78 is 5.15. The Hall–Kier alpha value is -2.17. The van der Waals surface area contributed by atoms with Crippen molar-refractivity contribution in [2.24, 2.45) is 5.73 Å². The Morgan fingerprint density at radius 1 is 1.53 bits per heavy atom. The Bertz CT molecular complexity index is 505. The fourth-order valence-corrected chi connectivity index (χ4v) is 1.22. The number of hydrogen-bond acceptors (Lipinski definition) is 4. The Balaban J connectivity index is 2.46. The molecule has 5 heteroatoms. The van der Waals surface area contributed by atoms with Crippen LogP contribution in [0.3, 0.4) is 0 Å².